The number of halogens is 1. The summed E-state index contributed by atoms with van der Waals surface area (Å²) in [6.45, 7) is 4.75. The van der Waals surface area contributed by atoms with Crippen LogP contribution in [0.5, 0.6) is 0 Å². The Hall–Kier alpha value is -1.66. The largest absolute Gasteiger partial charge is 0.326 e. The van der Waals surface area contributed by atoms with E-state index in [-0.39, 0.29) is 6.04 Å². The van der Waals surface area contributed by atoms with Crippen molar-refractivity contribution < 1.29 is 28.9 Å². The SMILES string of the molecule is CC[C@@]12CCCN3CCc4c(n(c5ccccc45)C(C#N)C1)[C@H]32.[O-][Cl+3]([O-])([O-])O. The highest BCUT2D eigenvalue weighted by Gasteiger charge is 2.52. The van der Waals surface area contributed by atoms with Crippen molar-refractivity contribution in [3.8, 4) is 6.07 Å². The standard InChI is InChI=1S/C20H23N3.ClHO4/c1-2-20-9-5-10-22-11-8-16-15-6-3-4-7-17(15)23(14(12-20)13-21)18(16)19(20)22;2-1(3,4)5/h3-4,6-7,14,19H,2,5,8-12H2,1H3;(H,2,3,4,5)/t14?,19-,20+;/m0./s1. The first-order chi connectivity index (χ1) is 13.3. The maximum atomic E-state index is 9.91. The normalized spacial score (nSPS) is 28.9. The number of fused-ring (bicyclic) bond motifs is 3. The van der Waals surface area contributed by atoms with Crippen molar-refractivity contribution in [1.82, 2.24) is 9.47 Å². The van der Waals surface area contributed by atoms with Crippen LogP contribution in [0.25, 0.3) is 10.9 Å². The first kappa shape index (κ1) is 19.6. The quantitative estimate of drug-likeness (QED) is 0.716. The molecular weight excluding hydrogens is 382 g/mol. The third kappa shape index (κ3) is 3.11. The summed E-state index contributed by atoms with van der Waals surface area (Å²) in [5.41, 5.74) is 4.59. The van der Waals surface area contributed by atoms with Gasteiger partial charge in [0.05, 0.1) is 27.0 Å². The minimum atomic E-state index is -4.69. The van der Waals surface area contributed by atoms with Gasteiger partial charge >= 0.3 is 0 Å². The van der Waals surface area contributed by atoms with Gasteiger partial charge in [-0.25, -0.2) is 0 Å². The highest BCUT2D eigenvalue weighted by atomic mass is 35.7. The number of benzene rings is 1. The molecule has 3 aliphatic rings. The average molecular weight is 406 g/mol. The van der Waals surface area contributed by atoms with Crippen molar-refractivity contribution in [1.29, 1.82) is 5.26 Å². The Morgan fingerprint density at radius 1 is 1.29 bits per heavy atom. The first-order valence-corrected chi connectivity index (χ1v) is 10.9. The second-order valence-corrected chi connectivity index (χ2v) is 8.80. The number of nitrogens with zero attached hydrogens (tertiary/aromatic N) is 3. The van der Waals surface area contributed by atoms with Gasteiger partial charge in [0.2, 0.25) is 0 Å². The van der Waals surface area contributed by atoms with Crippen LogP contribution in [0.2, 0.25) is 0 Å². The van der Waals surface area contributed by atoms with Gasteiger partial charge in [0.25, 0.3) is 0 Å². The summed E-state index contributed by atoms with van der Waals surface area (Å²) in [5.74, 6) is 0. The van der Waals surface area contributed by atoms with E-state index in [1.54, 1.807) is 0 Å². The number of rotatable bonds is 1. The van der Waals surface area contributed by atoms with Crippen molar-refractivity contribution in [3.63, 3.8) is 0 Å². The van der Waals surface area contributed by atoms with Gasteiger partial charge in [-0.1, -0.05) is 25.1 Å². The van der Waals surface area contributed by atoms with Gasteiger partial charge in [-0.2, -0.15) is 19.2 Å². The lowest BCUT2D eigenvalue weighted by Gasteiger charge is -2.56. The molecular formula is C20H24ClN3O4. The first-order valence-electron chi connectivity index (χ1n) is 9.67. The molecule has 28 heavy (non-hydrogen) atoms. The van der Waals surface area contributed by atoms with Crippen molar-refractivity contribution >= 4 is 10.9 Å². The number of hydrogen-bond donors (Lipinski definition) is 1. The van der Waals surface area contributed by atoms with Gasteiger partial charge in [0.1, 0.15) is 6.04 Å². The van der Waals surface area contributed by atoms with Crippen molar-refractivity contribution in [2.24, 2.45) is 5.41 Å². The molecule has 0 bridgehead atoms. The Labute approximate surface area is 166 Å². The second-order valence-electron chi connectivity index (χ2n) is 8.00. The van der Waals surface area contributed by atoms with Gasteiger partial charge in [0, 0.05) is 23.1 Å². The monoisotopic (exact) mass is 405 g/mol. The summed E-state index contributed by atoms with van der Waals surface area (Å²) in [4.78, 5) is 2.72. The molecule has 1 N–H and O–H groups in total. The molecule has 0 saturated carbocycles. The van der Waals surface area contributed by atoms with E-state index in [2.05, 4.69) is 46.7 Å². The van der Waals surface area contributed by atoms with E-state index < -0.39 is 10.2 Å². The molecule has 0 aliphatic carbocycles. The van der Waals surface area contributed by atoms with E-state index in [9.17, 15) is 5.26 Å². The van der Waals surface area contributed by atoms with Crippen molar-refractivity contribution in [2.75, 3.05) is 13.1 Å². The smallest absolute Gasteiger partial charge is 0.121 e. The lowest BCUT2D eigenvalue weighted by molar-refractivity contribution is -1.92. The maximum absolute atomic E-state index is 9.91. The lowest BCUT2D eigenvalue weighted by Crippen LogP contribution is -2.58. The van der Waals surface area contributed by atoms with Crippen molar-refractivity contribution in [3.05, 3.63) is 35.5 Å². The van der Waals surface area contributed by atoms with E-state index in [1.807, 2.05) is 0 Å². The number of aromatic nitrogens is 1. The zero-order chi connectivity index (χ0) is 20.1. The fraction of sp³-hybridized carbons (Fsp3) is 0.550. The summed E-state index contributed by atoms with van der Waals surface area (Å²) in [6, 6.07) is 11.9. The Morgan fingerprint density at radius 2 is 2.00 bits per heavy atom. The molecule has 150 valence electrons. The molecule has 0 radical (unpaired) electrons. The minimum Gasteiger partial charge on any atom is -0.326 e. The zero-order valence-corrected chi connectivity index (χ0v) is 16.6. The molecule has 1 saturated heterocycles. The number of piperidine rings is 1. The number of hydrogen-bond acceptors (Lipinski definition) is 6. The third-order valence-corrected chi connectivity index (χ3v) is 6.80. The molecule has 4 heterocycles. The van der Waals surface area contributed by atoms with Crippen LogP contribution in [-0.2, 0) is 6.42 Å². The molecule has 5 rings (SSSR count). The fourth-order valence-corrected chi connectivity index (χ4v) is 5.80. The minimum absolute atomic E-state index is 0.00194. The Bertz CT molecular complexity index is 926. The molecule has 8 heteroatoms. The van der Waals surface area contributed by atoms with Crippen LogP contribution in [0.15, 0.2) is 24.3 Å². The third-order valence-electron chi connectivity index (χ3n) is 6.80. The van der Waals surface area contributed by atoms with Gasteiger partial charge < -0.3 is 4.57 Å². The van der Waals surface area contributed by atoms with E-state index in [0.717, 1.165) is 12.8 Å². The Kier molecular flexibility index (Phi) is 4.91. The average Bonchev–Trinajstić information content (AvgIpc) is 3.00. The molecule has 3 atom stereocenters. The lowest BCUT2D eigenvalue weighted by atomic mass is 9.63. The van der Waals surface area contributed by atoms with E-state index >= 15 is 0 Å². The topological polar surface area (TPSA) is 121 Å². The Balaban J connectivity index is 0.000000346. The summed E-state index contributed by atoms with van der Waals surface area (Å²) >= 11 is 0. The van der Waals surface area contributed by atoms with Gasteiger partial charge in [0.15, 0.2) is 0 Å². The summed E-state index contributed by atoms with van der Waals surface area (Å²) in [6.07, 6.45) is 5.92. The van der Waals surface area contributed by atoms with E-state index in [0.29, 0.717) is 11.5 Å². The molecule has 1 aromatic carbocycles. The van der Waals surface area contributed by atoms with E-state index in [4.69, 9.17) is 18.6 Å². The summed E-state index contributed by atoms with van der Waals surface area (Å²) < 4.78 is 35.1. The molecule has 0 spiro atoms. The zero-order valence-electron chi connectivity index (χ0n) is 15.8. The Morgan fingerprint density at radius 3 is 2.68 bits per heavy atom. The van der Waals surface area contributed by atoms with E-state index in [1.165, 1.54) is 54.5 Å². The van der Waals surface area contributed by atoms with Crippen LogP contribution >= 0.6 is 0 Å². The van der Waals surface area contributed by atoms with Crippen LogP contribution in [-0.4, -0.2) is 27.2 Å². The van der Waals surface area contributed by atoms with Crippen molar-refractivity contribution in [2.45, 2.75) is 51.1 Å². The highest BCUT2D eigenvalue weighted by molar-refractivity contribution is 5.86. The van der Waals surface area contributed by atoms with Crippen LogP contribution < -0.4 is 14.0 Å². The van der Waals surface area contributed by atoms with Gasteiger partial charge in [-0.3, -0.25) is 4.90 Å². The summed E-state index contributed by atoms with van der Waals surface area (Å²) in [7, 11) is -4.69. The second kappa shape index (κ2) is 6.99. The highest BCUT2D eigenvalue weighted by Crippen LogP contribution is 2.59. The van der Waals surface area contributed by atoms with Crippen LogP contribution in [0.3, 0.4) is 0 Å². The molecule has 1 unspecified atom stereocenters. The number of nitriles is 1. The predicted molar refractivity (Wildman–Crippen MR) is 93.4 cm³/mol. The molecule has 1 fully saturated rings. The molecule has 0 amide bonds. The van der Waals surface area contributed by atoms with Gasteiger partial charge in [-0.05, 0) is 55.7 Å². The van der Waals surface area contributed by atoms with Crippen LogP contribution in [0.1, 0.15) is 55.9 Å². The molecule has 7 nitrogen and oxygen atoms in total. The predicted octanol–water partition coefficient (Wildman–Crippen LogP) is 0.0751. The number of para-hydroxylation sites is 1. The molecule has 1 aromatic heterocycles. The summed E-state index contributed by atoms with van der Waals surface area (Å²) in [5, 5.41) is 11.3. The van der Waals surface area contributed by atoms with Crippen LogP contribution in [0, 0.1) is 27.0 Å². The molecule has 3 aliphatic heterocycles. The fourth-order valence-electron chi connectivity index (χ4n) is 5.80. The molecule has 2 aromatic rings. The van der Waals surface area contributed by atoms with Crippen LogP contribution in [0.4, 0.5) is 0 Å². The van der Waals surface area contributed by atoms with Gasteiger partial charge in [-0.15, -0.1) is 0 Å². The maximum Gasteiger partial charge on any atom is 0.121 e.